The van der Waals surface area contributed by atoms with E-state index in [1.165, 1.54) is 34.0 Å². The molecule has 4 rings (SSSR count). The molecule has 0 aliphatic heterocycles. The summed E-state index contributed by atoms with van der Waals surface area (Å²) in [4.78, 5) is 53.1. The first-order valence-corrected chi connectivity index (χ1v) is 15.6. The molecule has 10 nitrogen and oxygen atoms in total. The molecule has 0 amide bonds. The van der Waals surface area contributed by atoms with Crippen LogP contribution in [-0.4, -0.2) is 39.8 Å². The number of fused-ring (bicyclic) bond motifs is 1. The number of aromatic amines is 1. The van der Waals surface area contributed by atoms with Gasteiger partial charge in [0, 0.05) is 36.4 Å². The number of pyridine rings is 1. The van der Waals surface area contributed by atoms with Crippen LogP contribution in [0.2, 0.25) is 5.02 Å². The average molecular weight is 640 g/mol. The van der Waals surface area contributed by atoms with Crippen LogP contribution in [0.15, 0.2) is 57.0 Å². The Balaban J connectivity index is 1.24. The van der Waals surface area contributed by atoms with Crippen molar-refractivity contribution in [3.8, 4) is 0 Å². The van der Waals surface area contributed by atoms with Gasteiger partial charge in [0.1, 0.15) is 17.2 Å². The van der Waals surface area contributed by atoms with Crippen LogP contribution in [0.5, 0.6) is 0 Å². The summed E-state index contributed by atoms with van der Waals surface area (Å²) in [5, 5.41) is 6.44. The fraction of sp³-hybridized carbons (Fsp3) is 0.394. The van der Waals surface area contributed by atoms with Crippen molar-refractivity contribution in [3.63, 3.8) is 0 Å². The van der Waals surface area contributed by atoms with Gasteiger partial charge in [-0.3, -0.25) is 19.1 Å². The number of nitrogens with zero attached hydrogens (tertiary/aromatic N) is 2. The van der Waals surface area contributed by atoms with Crippen molar-refractivity contribution in [2.75, 3.05) is 25.0 Å². The Labute approximate surface area is 265 Å². The summed E-state index contributed by atoms with van der Waals surface area (Å²) in [6.07, 6.45) is 5.27. The summed E-state index contributed by atoms with van der Waals surface area (Å²) < 4.78 is 22.1. The Bertz CT molecular complexity index is 1820. The van der Waals surface area contributed by atoms with Gasteiger partial charge in [-0.25, -0.2) is 14.0 Å². The summed E-state index contributed by atoms with van der Waals surface area (Å²) in [5.41, 5.74) is 2.09. The van der Waals surface area contributed by atoms with E-state index in [9.17, 15) is 23.6 Å². The maximum absolute atomic E-state index is 14.1. The van der Waals surface area contributed by atoms with Gasteiger partial charge in [0.05, 0.1) is 17.1 Å². The van der Waals surface area contributed by atoms with E-state index in [0.29, 0.717) is 37.4 Å². The van der Waals surface area contributed by atoms with Gasteiger partial charge in [-0.05, 0) is 94.4 Å². The maximum Gasteiger partial charge on any atom is 0.343 e. The van der Waals surface area contributed by atoms with Crippen molar-refractivity contribution in [1.82, 2.24) is 19.4 Å². The third kappa shape index (κ3) is 8.49. The second kappa shape index (κ2) is 15.7. The summed E-state index contributed by atoms with van der Waals surface area (Å²) in [6, 6.07) is 9.78. The molecule has 0 aliphatic rings. The van der Waals surface area contributed by atoms with Crippen molar-refractivity contribution in [3.05, 3.63) is 101 Å². The standard InChI is InChI=1S/C33H39ClFN5O5/c1-4-22-16-23(11-10-21(22)3)37-29-19-30(41)40(33(44)38-29)15-9-7-13-36-12-6-8-14-39-20-25(32(43)45-5-2)31(42)24-17-27(35)26(34)18-28(24)39/h10-11,16-20,36-37H,4-9,12-15H2,1-3H3,(H,38,44). The molecule has 0 aliphatic carbocycles. The molecule has 0 bridgehead atoms. The van der Waals surface area contributed by atoms with Crippen LogP contribution in [0, 0.1) is 12.7 Å². The number of aromatic nitrogens is 3. The summed E-state index contributed by atoms with van der Waals surface area (Å²) in [5.74, 6) is -1.12. The highest BCUT2D eigenvalue weighted by molar-refractivity contribution is 6.31. The number of halogens is 2. The average Bonchev–Trinajstić information content (AvgIpc) is 3.00. The molecule has 0 saturated heterocycles. The van der Waals surface area contributed by atoms with E-state index >= 15 is 0 Å². The molecule has 0 unspecified atom stereocenters. The zero-order chi connectivity index (χ0) is 32.5. The molecule has 0 atom stereocenters. The molecule has 0 spiro atoms. The molecule has 2 aromatic carbocycles. The molecule has 0 radical (unpaired) electrons. The van der Waals surface area contributed by atoms with Gasteiger partial charge in [0.15, 0.2) is 0 Å². The molecular formula is C33H39ClFN5O5. The van der Waals surface area contributed by atoms with Gasteiger partial charge < -0.3 is 19.9 Å². The molecule has 0 fully saturated rings. The Morgan fingerprint density at radius 3 is 2.42 bits per heavy atom. The second-order valence-electron chi connectivity index (χ2n) is 10.8. The number of esters is 1. The van der Waals surface area contributed by atoms with Gasteiger partial charge in [0.2, 0.25) is 5.43 Å². The Morgan fingerprint density at radius 1 is 1.00 bits per heavy atom. The number of ether oxygens (including phenoxy) is 1. The Morgan fingerprint density at radius 2 is 1.73 bits per heavy atom. The highest BCUT2D eigenvalue weighted by Crippen LogP contribution is 2.22. The lowest BCUT2D eigenvalue weighted by Gasteiger charge is -2.14. The molecule has 2 heterocycles. The summed E-state index contributed by atoms with van der Waals surface area (Å²) in [7, 11) is 0. The second-order valence-corrected chi connectivity index (χ2v) is 11.2. The predicted octanol–water partition coefficient (Wildman–Crippen LogP) is 5.29. The molecule has 4 aromatic rings. The lowest BCUT2D eigenvalue weighted by atomic mass is 10.1. The lowest BCUT2D eigenvalue weighted by Crippen LogP contribution is -2.35. The normalized spacial score (nSPS) is 11.2. The van der Waals surface area contributed by atoms with Crippen LogP contribution in [0.3, 0.4) is 0 Å². The maximum atomic E-state index is 14.1. The Hall–Kier alpha value is -4.22. The van der Waals surface area contributed by atoms with Crippen LogP contribution in [0.1, 0.15) is 61.0 Å². The molecule has 0 saturated carbocycles. The van der Waals surface area contributed by atoms with E-state index in [1.807, 2.05) is 25.1 Å². The van der Waals surface area contributed by atoms with Crippen LogP contribution in [0.4, 0.5) is 15.9 Å². The Kier molecular flexibility index (Phi) is 11.7. The number of hydrogen-bond donors (Lipinski definition) is 3. The number of H-pyrrole nitrogens is 1. The topological polar surface area (TPSA) is 127 Å². The van der Waals surface area contributed by atoms with Gasteiger partial charge >= 0.3 is 11.7 Å². The van der Waals surface area contributed by atoms with E-state index in [4.69, 9.17) is 16.3 Å². The first kappa shape index (κ1) is 33.7. The monoisotopic (exact) mass is 639 g/mol. The van der Waals surface area contributed by atoms with E-state index < -0.39 is 22.9 Å². The number of carbonyl (C=O) groups excluding carboxylic acids is 1. The minimum Gasteiger partial charge on any atom is -0.462 e. The highest BCUT2D eigenvalue weighted by atomic mass is 35.5. The van der Waals surface area contributed by atoms with Gasteiger partial charge in [-0.15, -0.1) is 0 Å². The molecule has 12 heteroatoms. The quantitative estimate of drug-likeness (QED) is 0.119. The number of aryl methyl sites for hydroxylation is 3. The third-order valence-corrected chi connectivity index (χ3v) is 7.92. The predicted molar refractivity (Wildman–Crippen MR) is 176 cm³/mol. The molecule has 240 valence electrons. The first-order chi connectivity index (χ1) is 21.6. The van der Waals surface area contributed by atoms with Crippen molar-refractivity contribution < 1.29 is 13.9 Å². The van der Waals surface area contributed by atoms with Crippen molar-refractivity contribution in [2.24, 2.45) is 0 Å². The number of rotatable bonds is 15. The van der Waals surface area contributed by atoms with E-state index in [0.717, 1.165) is 44.0 Å². The number of carbonyl (C=O) groups is 1. The van der Waals surface area contributed by atoms with E-state index in [-0.39, 0.29) is 28.1 Å². The van der Waals surface area contributed by atoms with Gasteiger partial charge in [-0.1, -0.05) is 24.6 Å². The lowest BCUT2D eigenvalue weighted by molar-refractivity contribution is 0.0524. The van der Waals surface area contributed by atoms with Crippen LogP contribution < -0.4 is 27.3 Å². The van der Waals surface area contributed by atoms with Crippen molar-refractivity contribution in [1.29, 1.82) is 0 Å². The van der Waals surface area contributed by atoms with Crippen LogP contribution >= 0.6 is 11.6 Å². The summed E-state index contributed by atoms with van der Waals surface area (Å²) >= 11 is 5.98. The molecule has 2 aromatic heterocycles. The fourth-order valence-corrected chi connectivity index (χ4v) is 5.34. The van der Waals surface area contributed by atoms with Crippen LogP contribution in [0.25, 0.3) is 10.9 Å². The minimum atomic E-state index is -0.750. The third-order valence-electron chi connectivity index (χ3n) is 7.64. The fourth-order valence-electron chi connectivity index (χ4n) is 5.19. The smallest absolute Gasteiger partial charge is 0.343 e. The summed E-state index contributed by atoms with van der Waals surface area (Å²) in [6.45, 7) is 8.11. The van der Waals surface area contributed by atoms with E-state index in [1.54, 1.807) is 11.5 Å². The molecule has 3 N–H and O–H groups in total. The molecular weight excluding hydrogens is 601 g/mol. The number of hydrogen-bond acceptors (Lipinski definition) is 7. The zero-order valence-corrected chi connectivity index (χ0v) is 26.6. The van der Waals surface area contributed by atoms with E-state index in [2.05, 4.69) is 22.5 Å². The minimum absolute atomic E-state index is 0.0706. The SMILES string of the molecule is CCOC(=O)c1cn(CCCCNCCCCn2c(=O)cc(Nc3ccc(C)c(CC)c3)[nH]c2=O)c2cc(Cl)c(F)cc2c1=O. The number of anilines is 2. The van der Waals surface area contributed by atoms with Crippen LogP contribution in [-0.2, 0) is 24.2 Å². The first-order valence-electron chi connectivity index (χ1n) is 15.2. The van der Waals surface area contributed by atoms with Gasteiger partial charge in [0.25, 0.3) is 5.56 Å². The number of benzene rings is 2. The largest absolute Gasteiger partial charge is 0.462 e. The molecule has 45 heavy (non-hydrogen) atoms. The van der Waals surface area contributed by atoms with Crippen molar-refractivity contribution in [2.45, 2.75) is 66.0 Å². The highest BCUT2D eigenvalue weighted by Gasteiger charge is 2.18. The van der Waals surface area contributed by atoms with Gasteiger partial charge in [-0.2, -0.15) is 0 Å². The zero-order valence-electron chi connectivity index (χ0n) is 25.8. The number of nitrogens with one attached hydrogen (secondary N) is 3. The number of unbranched alkanes of at least 4 members (excludes halogenated alkanes) is 2. The van der Waals surface area contributed by atoms with Crippen molar-refractivity contribution >= 4 is 40.0 Å².